The maximum absolute atomic E-state index is 11.2. The number of rotatable bonds is 2. The first-order chi connectivity index (χ1) is 6.31. The highest BCUT2D eigenvalue weighted by Gasteiger charge is 2.03. The molecule has 3 heteroatoms. The Morgan fingerprint density at radius 2 is 2.23 bits per heavy atom. The molecule has 0 radical (unpaired) electrons. The van der Waals surface area contributed by atoms with E-state index in [-0.39, 0.29) is 12.3 Å². The number of hydrogen-bond acceptors (Lipinski definition) is 2. The molecule has 0 unspecified atom stereocenters. The summed E-state index contributed by atoms with van der Waals surface area (Å²) in [6.45, 7) is 0.0617. The Balaban J connectivity index is 2.54. The van der Waals surface area contributed by atoms with E-state index in [1.807, 2.05) is 24.4 Å². The van der Waals surface area contributed by atoms with Gasteiger partial charge in [0.15, 0.2) is 5.78 Å². The van der Waals surface area contributed by atoms with Crippen LogP contribution >= 0.6 is 0 Å². The van der Waals surface area contributed by atoms with Crippen LogP contribution in [0.15, 0.2) is 30.5 Å². The zero-order chi connectivity index (χ0) is 9.26. The molecule has 0 aliphatic rings. The van der Waals surface area contributed by atoms with E-state index in [1.165, 1.54) is 0 Å². The number of benzene rings is 1. The van der Waals surface area contributed by atoms with E-state index in [1.54, 1.807) is 6.07 Å². The summed E-state index contributed by atoms with van der Waals surface area (Å²) in [6, 6.07) is 7.50. The molecule has 3 N–H and O–H groups in total. The smallest absolute Gasteiger partial charge is 0.176 e. The Labute approximate surface area is 75.6 Å². The predicted molar refractivity (Wildman–Crippen MR) is 51.7 cm³/mol. The number of aromatic nitrogens is 1. The van der Waals surface area contributed by atoms with Crippen LogP contribution in [0, 0.1) is 0 Å². The van der Waals surface area contributed by atoms with Crippen LogP contribution in [0.1, 0.15) is 10.4 Å². The number of carbonyl (C=O) groups is 1. The van der Waals surface area contributed by atoms with Crippen molar-refractivity contribution < 1.29 is 4.79 Å². The fraction of sp³-hybridized carbons (Fsp3) is 0.100. The van der Waals surface area contributed by atoms with E-state index >= 15 is 0 Å². The second-order valence-corrected chi connectivity index (χ2v) is 2.91. The largest absolute Gasteiger partial charge is 0.361 e. The monoisotopic (exact) mass is 174 g/mol. The van der Waals surface area contributed by atoms with Crippen LogP contribution in [0.2, 0.25) is 0 Å². The first-order valence-corrected chi connectivity index (χ1v) is 4.11. The summed E-state index contributed by atoms with van der Waals surface area (Å²) in [5.74, 6) is -0.0310. The van der Waals surface area contributed by atoms with Gasteiger partial charge >= 0.3 is 0 Å². The molecule has 1 heterocycles. The van der Waals surface area contributed by atoms with Gasteiger partial charge in [-0.25, -0.2) is 0 Å². The minimum absolute atomic E-state index is 0.0310. The highest BCUT2D eigenvalue weighted by molar-refractivity contribution is 6.00. The second kappa shape index (κ2) is 3.03. The van der Waals surface area contributed by atoms with Gasteiger partial charge in [-0.15, -0.1) is 0 Å². The Morgan fingerprint density at radius 1 is 1.38 bits per heavy atom. The van der Waals surface area contributed by atoms with Gasteiger partial charge in [-0.3, -0.25) is 4.79 Å². The van der Waals surface area contributed by atoms with Crippen LogP contribution in [-0.2, 0) is 0 Å². The molecule has 0 fully saturated rings. The third-order valence-corrected chi connectivity index (χ3v) is 2.06. The molecule has 0 saturated heterocycles. The fourth-order valence-electron chi connectivity index (χ4n) is 1.34. The molecule has 2 rings (SSSR count). The number of fused-ring (bicyclic) bond motifs is 1. The standard InChI is InChI=1S/C10H10N2O/c11-6-10(13)8-2-1-7-3-4-12-9(7)5-8/h1-5,12H,6,11H2. The molecule has 3 nitrogen and oxygen atoms in total. The van der Waals surface area contributed by atoms with Crippen LogP contribution in [0.25, 0.3) is 10.9 Å². The summed E-state index contributed by atoms with van der Waals surface area (Å²) in [4.78, 5) is 14.3. The third-order valence-electron chi connectivity index (χ3n) is 2.06. The van der Waals surface area contributed by atoms with E-state index in [4.69, 9.17) is 5.73 Å². The van der Waals surface area contributed by atoms with Crippen molar-refractivity contribution in [2.75, 3.05) is 6.54 Å². The lowest BCUT2D eigenvalue weighted by Gasteiger charge is -1.97. The van der Waals surface area contributed by atoms with E-state index < -0.39 is 0 Å². The van der Waals surface area contributed by atoms with Crippen LogP contribution in [0.5, 0.6) is 0 Å². The molecule has 66 valence electrons. The Morgan fingerprint density at radius 3 is 3.00 bits per heavy atom. The number of hydrogen-bond donors (Lipinski definition) is 2. The van der Waals surface area contributed by atoms with E-state index in [0.717, 1.165) is 10.9 Å². The van der Waals surface area contributed by atoms with Gasteiger partial charge in [0.25, 0.3) is 0 Å². The number of aromatic amines is 1. The maximum atomic E-state index is 11.2. The summed E-state index contributed by atoms with van der Waals surface area (Å²) in [5, 5.41) is 1.11. The molecular formula is C10H10N2O. The topological polar surface area (TPSA) is 58.9 Å². The molecule has 1 aromatic carbocycles. The SMILES string of the molecule is NCC(=O)c1ccc2cc[nH]c2c1. The Kier molecular flexibility index (Phi) is 1.87. The predicted octanol–water partition coefficient (Wildman–Crippen LogP) is 1.31. The minimum atomic E-state index is -0.0310. The van der Waals surface area contributed by atoms with E-state index in [9.17, 15) is 4.79 Å². The number of Topliss-reactive ketones (excluding diaryl/α,β-unsaturated/α-hetero) is 1. The van der Waals surface area contributed by atoms with Crippen molar-refractivity contribution in [2.24, 2.45) is 5.73 Å². The summed E-state index contributed by atoms with van der Waals surface area (Å²) in [6.07, 6.45) is 1.85. The molecule has 13 heavy (non-hydrogen) atoms. The third kappa shape index (κ3) is 1.34. The van der Waals surface area contributed by atoms with Crippen LogP contribution in [0.4, 0.5) is 0 Å². The van der Waals surface area contributed by atoms with Crippen molar-refractivity contribution in [1.82, 2.24) is 4.98 Å². The zero-order valence-corrected chi connectivity index (χ0v) is 7.08. The van der Waals surface area contributed by atoms with Gasteiger partial charge in [0, 0.05) is 17.3 Å². The molecule has 0 saturated carbocycles. The van der Waals surface area contributed by atoms with Crippen LogP contribution in [0.3, 0.4) is 0 Å². The van der Waals surface area contributed by atoms with Gasteiger partial charge in [0.05, 0.1) is 6.54 Å². The van der Waals surface area contributed by atoms with Crippen molar-refractivity contribution in [3.8, 4) is 0 Å². The van der Waals surface area contributed by atoms with Crippen molar-refractivity contribution in [1.29, 1.82) is 0 Å². The van der Waals surface area contributed by atoms with Crippen LogP contribution < -0.4 is 5.73 Å². The number of carbonyl (C=O) groups excluding carboxylic acids is 1. The molecule has 0 spiro atoms. The molecule has 0 amide bonds. The number of nitrogens with one attached hydrogen (secondary N) is 1. The van der Waals surface area contributed by atoms with Gasteiger partial charge in [-0.1, -0.05) is 12.1 Å². The number of nitrogens with two attached hydrogens (primary N) is 1. The van der Waals surface area contributed by atoms with Crippen molar-refractivity contribution in [3.63, 3.8) is 0 Å². The van der Waals surface area contributed by atoms with Crippen LogP contribution in [-0.4, -0.2) is 17.3 Å². The maximum Gasteiger partial charge on any atom is 0.176 e. The molecular weight excluding hydrogens is 164 g/mol. The first-order valence-electron chi connectivity index (χ1n) is 4.11. The Bertz CT molecular complexity index is 445. The summed E-state index contributed by atoms with van der Waals surface area (Å²) in [5.41, 5.74) is 6.90. The lowest BCUT2D eigenvalue weighted by molar-refractivity contribution is 0.100. The molecule has 1 aromatic heterocycles. The summed E-state index contributed by atoms with van der Waals surface area (Å²) in [7, 11) is 0. The zero-order valence-electron chi connectivity index (χ0n) is 7.08. The normalized spacial score (nSPS) is 10.5. The highest BCUT2D eigenvalue weighted by Crippen LogP contribution is 2.14. The second-order valence-electron chi connectivity index (χ2n) is 2.91. The lowest BCUT2D eigenvalue weighted by atomic mass is 10.1. The Hall–Kier alpha value is -1.61. The number of H-pyrrole nitrogens is 1. The quantitative estimate of drug-likeness (QED) is 0.674. The van der Waals surface area contributed by atoms with E-state index in [0.29, 0.717) is 5.56 Å². The van der Waals surface area contributed by atoms with E-state index in [2.05, 4.69) is 4.98 Å². The molecule has 0 aliphatic heterocycles. The molecule has 2 aromatic rings. The van der Waals surface area contributed by atoms with Gasteiger partial charge in [0.1, 0.15) is 0 Å². The summed E-state index contributed by atoms with van der Waals surface area (Å²) < 4.78 is 0. The molecule has 0 aliphatic carbocycles. The molecule has 0 atom stereocenters. The average molecular weight is 174 g/mol. The van der Waals surface area contributed by atoms with Gasteiger partial charge in [0.2, 0.25) is 0 Å². The highest BCUT2D eigenvalue weighted by atomic mass is 16.1. The molecule has 0 bridgehead atoms. The lowest BCUT2D eigenvalue weighted by Crippen LogP contribution is -2.13. The van der Waals surface area contributed by atoms with Gasteiger partial charge < -0.3 is 10.7 Å². The first kappa shape index (κ1) is 8.01. The van der Waals surface area contributed by atoms with Crippen molar-refractivity contribution >= 4 is 16.7 Å². The number of ketones is 1. The van der Waals surface area contributed by atoms with Gasteiger partial charge in [-0.05, 0) is 17.5 Å². The fourth-order valence-corrected chi connectivity index (χ4v) is 1.34. The van der Waals surface area contributed by atoms with Crippen molar-refractivity contribution in [2.45, 2.75) is 0 Å². The van der Waals surface area contributed by atoms with Crippen molar-refractivity contribution in [3.05, 3.63) is 36.0 Å². The summed E-state index contributed by atoms with van der Waals surface area (Å²) >= 11 is 0. The van der Waals surface area contributed by atoms with Gasteiger partial charge in [-0.2, -0.15) is 0 Å². The average Bonchev–Trinajstić information content (AvgIpc) is 2.63. The minimum Gasteiger partial charge on any atom is -0.361 e.